The van der Waals surface area contributed by atoms with Crippen molar-refractivity contribution in [2.75, 3.05) is 11.5 Å². The number of carbonyl (C=O) groups is 2. The lowest BCUT2D eigenvalue weighted by atomic mass is 9.95. The van der Waals surface area contributed by atoms with Gasteiger partial charge >= 0.3 is 5.91 Å². The van der Waals surface area contributed by atoms with E-state index in [1.807, 2.05) is 62.4 Å². The monoisotopic (exact) mass is 577 g/mol. The molecule has 0 radical (unpaired) electrons. The van der Waals surface area contributed by atoms with Crippen LogP contribution in [0.3, 0.4) is 0 Å². The van der Waals surface area contributed by atoms with E-state index in [1.165, 1.54) is 28.6 Å². The van der Waals surface area contributed by atoms with Crippen molar-refractivity contribution < 1.29 is 24.2 Å². The first-order valence-corrected chi connectivity index (χ1v) is 14.3. The van der Waals surface area contributed by atoms with Gasteiger partial charge in [0, 0.05) is 18.0 Å². The number of aliphatic hydroxyl groups is 1. The van der Waals surface area contributed by atoms with Gasteiger partial charge in [0.05, 0.1) is 28.4 Å². The smallest absolute Gasteiger partial charge is 0.301 e. The maximum Gasteiger partial charge on any atom is 0.301 e. The van der Waals surface area contributed by atoms with Crippen LogP contribution in [0.15, 0.2) is 96.8 Å². The Labute approximate surface area is 246 Å². The third kappa shape index (κ3) is 5.10. The van der Waals surface area contributed by atoms with Gasteiger partial charge in [0.2, 0.25) is 0 Å². The number of Topliss-reactive ketones (excluding diaryl/α,β-unsaturated/α-hetero) is 1. The molecular weight excluding hydrogens is 550 g/mol. The van der Waals surface area contributed by atoms with Crippen LogP contribution in [0.2, 0.25) is 0 Å². The van der Waals surface area contributed by atoms with Crippen LogP contribution in [0.4, 0.5) is 5.13 Å². The number of benzene rings is 3. The molecule has 1 unspecified atom stereocenters. The fourth-order valence-electron chi connectivity index (χ4n) is 4.95. The van der Waals surface area contributed by atoms with Gasteiger partial charge in [-0.25, -0.2) is 4.98 Å². The number of ether oxygens (including phenoxy) is 2. The summed E-state index contributed by atoms with van der Waals surface area (Å²) in [6.45, 7) is 4.56. The Balaban J connectivity index is 1.48. The Hall–Kier alpha value is -5.02. The maximum atomic E-state index is 13.6. The lowest BCUT2D eigenvalue weighted by Crippen LogP contribution is -2.29. The number of amides is 1. The molecule has 3 aromatic carbocycles. The number of nitrogens with zero attached hydrogens (tertiary/aromatic N) is 3. The highest BCUT2D eigenvalue weighted by Gasteiger charge is 2.48. The number of anilines is 1. The molecule has 1 saturated heterocycles. The summed E-state index contributed by atoms with van der Waals surface area (Å²) < 4.78 is 12.9. The van der Waals surface area contributed by atoms with E-state index < -0.39 is 17.7 Å². The Morgan fingerprint density at radius 3 is 2.50 bits per heavy atom. The lowest BCUT2D eigenvalue weighted by Gasteiger charge is -2.24. The van der Waals surface area contributed by atoms with Crippen LogP contribution in [0, 0.1) is 6.92 Å². The van der Waals surface area contributed by atoms with Crippen LogP contribution in [-0.2, 0) is 16.2 Å². The van der Waals surface area contributed by atoms with E-state index in [0.29, 0.717) is 41.0 Å². The summed E-state index contributed by atoms with van der Waals surface area (Å²) in [5, 5.41) is 11.8. The molecule has 0 aliphatic carbocycles. The second-order valence-electron chi connectivity index (χ2n) is 9.79. The number of aromatic nitrogens is 2. The predicted octanol–water partition coefficient (Wildman–Crippen LogP) is 6.60. The van der Waals surface area contributed by atoms with Crippen molar-refractivity contribution in [3.63, 3.8) is 0 Å². The molecule has 0 saturated carbocycles. The van der Waals surface area contributed by atoms with E-state index in [2.05, 4.69) is 4.98 Å². The molecule has 0 spiro atoms. The number of carbonyl (C=O) groups excluding carboxylic acids is 2. The highest BCUT2D eigenvalue weighted by Crippen LogP contribution is 2.46. The van der Waals surface area contributed by atoms with E-state index in [9.17, 15) is 14.7 Å². The minimum absolute atomic E-state index is 0.0398. The third-order valence-corrected chi connectivity index (χ3v) is 7.97. The van der Waals surface area contributed by atoms with Gasteiger partial charge in [0.25, 0.3) is 5.78 Å². The van der Waals surface area contributed by atoms with Gasteiger partial charge < -0.3 is 14.6 Å². The number of fused-ring (bicyclic) bond motifs is 1. The topological polar surface area (TPSA) is 102 Å². The van der Waals surface area contributed by atoms with Gasteiger partial charge in [-0.2, -0.15) is 0 Å². The Morgan fingerprint density at radius 2 is 1.74 bits per heavy atom. The molecule has 0 bridgehead atoms. The van der Waals surface area contributed by atoms with Gasteiger partial charge in [0.1, 0.15) is 12.4 Å². The molecule has 210 valence electrons. The summed E-state index contributed by atoms with van der Waals surface area (Å²) in [5.41, 5.74) is 3.68. The molecule has 1 N–H and O–H groups in total. The fraction of sp³-hybridized carbons (Fsp3) is 0.152. The van der Waals surface area contributed by atoms with Crippen molar-refractivity contribution in [1.82, 2.24) is 9.97 Å². The first-order chi connectivity index (χ1) is 20.4. The van der Waals surface area contributed by atoms with Gasteiger partial charge in [-0.15, -0.1) is 0 Å². The number of aliphatic hydroxyl groups excluding tert-OH is 1. The average molecular weight is 578 g/mol. The number of rotatable bonds is 8. The zero-order valence-corrected chi connectivity index (χ0v) is 23.8. The molecule has 6 rings (SSSR count). The minimum atomic E-state index is -0.956. The molecule has 2 aromatic heterocycles. The van der Waals surface area contributed by atoms with Gasteiger partial charge in [-0.1, -0.05) is 53.8 Å². The molecule has 8 nitrogen and oxygen atoms in total. The SMILES string of the molecule is CCOc1cc(C2/C(=C(\O)c3ccncc3)C(=O)C(=O)N2c2nc3ccc(C)cc3s2)ccc1OCc1ccccc1. The second-order valence-corrected chi connectivity index (χ2v) is 10.8. The molecular formula is C33H27N3O5S. The molecule has 1 aliphatic heterocycles. The normalized spacial score (nSPS) is 16.2. The zero-order chi connectivity index (χ0) is 29.2. The summed E-state index contributed by atoms with van der Waals surface area (Å²) in [6, 6.07) is 23.1. The molecule has 1 fully saturated rings. The molecule has 5 aromatic rings. The van der Waals surface area contributed by atoms with Gasteiger partial charge in [0.15, 0.2) is 16.6 Å². The number of ketones is 1. The summed E-state index contributed by atoms with van der Waals surface area (Å²) in [5.74, 6) is -0.880. The summed E-state index contributed by atoms with van der Waals surface area (Å²) in [7, 11) is 0. The van der Waals surface area contributed by atoms with Crippen LogP contribution in [-0.4, -0.2) is 33.4 Å². The molecule has 1 aliphatic rings. The van der Waals surface area contributed by atoms with Crippen LogP contribution in [0.1, 0.15) is 35.2 Å². The number of hydrogen-bond acceptors (Lipinski definition) is 8. The fourth-order valence-corrected chi connectivity index (χ4v) is 6.04. The van der Waals surface area contributed by atoms with Crippen molar-refractivity contribution in [2.24, 2.45) is 0 Å². The van der Waals surface area contributed by atoms with Gasteiger partial charge in [-0.05, 0) is 66.9 Å². The van der Waals surface area contributed by atoms with E-state index in [0.717, 1.165) is 21.3 Å². The van der Waals surface area contributed by atoms with Crippen molar-refractivity contribution in [3.8, 4) is 11.5 Å². The van der Waals surface area contributed by atoms with Crippen LogP contribution >= 0.6 is 11.3 Å². The Kier molecular flexibility index (Phi) is 7.41. The molecule has 3 heterocycles. The van der Waals surface area contributed by atoms with E-state index in [-0.39, 0.29) is 11.3 Å². The van der Waals surface area contributed by atoms with Gasteiger partial charge in [-0.3, -0.25) is 19.5 Å². The summed E-state index contributed by atoms with van der Waals surface area (Å²) >= 11 is 1.32. The zero-order valence-electron chi connectivity index (χ0n) is 23.0. The number of hydrogen-bond donors (Lipinski definition) is 1. The molecule has 1 amide bonds. The van der Waals surface area contributed by atoms with Crippen LogP contribution < -0.4 is 14.4 Å². The Morgan fingerprint density at radius 1 is 0.952 bits per heavy atom. The standard InChI is InChI=1S/C33H27N3O5S/c1-3-40-26-18-23(10-12-25(26)41-19-21-7-5-4-6-8-21)29-28(30(37)22-13-15-34-16-14-22)31(38)32(39)36(29)33-35-24-11-9-20(2)17-27(24)42-33/h4-18,29,37H,3,19H2,1-2H3/b30-28+. The highest BCUT2D eigenvalue weighted by molar-refractivity contribution is 7.22. The van der Waals surface area contributed by atoms with Crippen molar-refractivity contribution in [2.45, 2.75) is 26.5 Å². The first kappa shape index (κ1) is 27.2. The van der Waals surface area contributed by atoms with Crippen LogP contribution in [0.5, 0.6) is 11.5 Å². The Bertz CT molecular complexity index is 1820. The predicted molar refractivity (Wildman–Crippen MR) is 162 cm³/mol. The average Bonchev–Trinajstić information content (AvgIpc) is 3.54. The number of thiazole rings is 1. The summed E-state index contributed by atoms with van der Waals surface area (Å²) in [4.78, 5) is 37.3. The number of pyridine rings is 1. The lowest BCUT2D eigenvalue weighted by molar-refractivity contribution is -0.132. The largest absolute Gasteiger partial charge is 0.507 e. The minimum Gasteiger partial charge on any atom is -0.507 e. The summed E-state index contributed by atoms with van der Waals surface area (Å²) in [6.07, 6.45) is 3.03. The highest BCUT2D eigenvalue weighted by atomic mass is 32.1. The van der Waals surface area contributed by atoms with Crippen molar-refractivity contribution in [1.29, 1.82) is 0 Å². The van der Waals surface area contributed by atoms with Crippen molar-refractivity contribution in [3.05, 3.63) is 119 Å². The van der Waals surface area contributed by atoms with E-state index >= 15 is 0 Å². The molecule has 9 heteroatoms. The quantitative estimate of drug-likeness (QED) is 0.126. The van der Waals surface area contributed by atoms with Crippen LogP contribution in [0.25, 0.3) is 16.0 Å². The van der Waals surface area contributed by atoms with E-state index in [1.54, 1.807) is 30.3 Å². The first-order valence-electron chi connectivity index (χ1n) is 13.5. The second kappa shape index (κ2) is 11.5. The third-order valence-electron chi connectivity index (χ3n) is 6.96. The van der Waals surface area contributed by atoms with E-state index in [4.69, 9.17) is 14.5 Å². The maximum absolute atomic E-state index is 13.6. The molecule has 42 heavy (non-hydrogen) atoms. The van der Waals surface area contributed by atoms with Crippen molar-refractivity contribution >= 4 is 44.1 Å². The number of aryl methyl sites for hydroxylation is 1. The molecule has 1 atom stereocenters.